The molecule has 1 atom stereocenters. The topological polar surface area (TPSA) is 76.5 Å². The molecule has 6 heteroatoms. The van der Waals surface area contributed by atoms with E-state index in [0.717, 1.165) is 6.42 Å². The fraction of sp³-hybridized carbons (Fsp3) is 0.667. The van der Waals surface area contributed by atoms with Crippen molar-refractivity contribution in [2.75, 3.05) is 13.6 Å². The van der Waals surface area contributed by atoms with Gasteiger partial charge in [0.05, 0.1) is 6.54 Å². The van der Waals surface area contributed by atoms with Gasteiger partial charge in [-0.05, 0) is 12.8 Å². The highest BCUT2D eigenvalue weighted by molar-refractivity contribution is 7.89. The Morgan fingerprint density at radius 2 is 2.11 bits per heavy atom. The zero-order valence-corrected chi connectivity index (χ0v) is 12.3. The molecular formula is C12H22N2O3S. The highest BCUT2D eigenvalue weighted by Crippen LogP contribution is 2.23. The summed E-state index contributed by atoms with van der Waals surface area (Å²) in [6, 6.07) is 1.51. The fourth-order valence-electron chi connectivity index (χ4n) is 1.71. The van der Waals surface area contributed by atoms with Gasteiger partial charge in [0.25, 0.3) is 0 Å². The van der Waals surface area contributed by atoms with Gasteiger partial charge in [0.1, 0.15) is 16.4 Å². The molecule has 0 amide bonds. The predicted molar refractivity (Wildman–Crippen MR) is 70.6 cm³/mol. The van der Waals surface area contributed by atoms with Gasteiger partial charge < -0.3 is 10.2 Å². The summed E-state index contributed by atoms with van der Waals surface area (Å²) in [5.41, 5.74) is 5.45. The summed E-state index contributed by atoms with van der Waals surface area (Å²) in [5.74, 6) is 1.21. The van der Waals surface area contributed by atoms with Crippen molar-refractivity contribution in [1.82, 2.24) is 4.31 Å². The van der Waals surface area contributed by atoms with Crippen LogP contribution >= 0.6 is 0 Å². The van der Waals surface area contributed by atoms with Crippen LogP contribution in [0.1, 0.15) is 31.8 Å². The van der Waals surface area contributed by atoms with E-state index in [9.17, 15) is 8.42 Å². The third kappa shape index (κ3) is 3.13. The second kappa shape index (κ2) is 5.86. The lowest BCUT2D eigenvalue weighted by Crippen LogP contribution is -2.31. The molecule has 1 aromatic rings. The summed E-state index contributed by atoms with van der Waals surface area (Å²) in [6.45, 7) is 6.41. The van der Waals surface area contributed by atoms with Crippen LogP contribution in [-0.4, -0.2) is 26.3 Å². The van der Waals surface area contributed by atoms with Crippen molar-refractivity contribution < 1.29 is 12.8 Å². The normalized spacial score (nSPS) is 14.1. The Balaban J connectivity index is 3.01. The molecule has 0 aliphatic heterocycles. The molecule has 0 bridgehead atoms. The van der Waals surface area contributed by atoms with E-state index in [2.05, 4.69) is 0 Å². The van der Waals surface area contributed by atoms with Crippen LogP contribution in [0.25, 0.3) is 0 Å². The number of hydrogen-bond acceptors (Lipinski definition) is 4. The van der Waals surface area contributed by atoms with E-state index in [0.29, 0.717) is 24.0 Å². The lowest BCUT2D eigenvalue weighted by atomic mass is 10.1. The van der Waals surface area contributed by atoms with Gasteiger partial charge in [-0.15, -0.1) is 0 Å². The number of aryl methyl sites for hydroxylation is 1. The third-order valence-electron chi connectivity index (χ3n) is 3.08. The van der Waals surface area contributed by atoms with Crippen LogP contribution in [0.3, 0.4) is 0 Å². The molecular weight excluding hydrogens is 252 g/mol. The third-order valence-corrected chi connectivity index (χ3v) is 5.01. The van der Waals surface area contributed by atoms with Crippen LogP contribution in [0, 0.1) is 12.8 Å². The lowest BCUT2D eigenvalue weighted by molar-refractivity contribution is 0.392. The molecule has 1 unspecified atom stereocenters. The SMILES string of the molecule is CCC(C)CN(C)S(=O)(=O)c1cc(CN)oc1C. The molecule has 1 aromatic heterocycles. The predicted octanol–water partition coefficient (Wildman–Crippen LogP) is 1.71. The molecule has 0 saturated heterocycles. The minimum absolute atomic E-state index is 0.200. The molecule has 104 valence electrons. The second-order valence-electron chi connectivity index (χ2n) is 4.64. The van der Waals surface area contributed by atoms with Crippen LogP contribution in [0.15, 0.2) is 15.4 Å². The number of furan rings is 1. The molecule has 5 nitrogen and oxygen atoms in total. The summed E-state index contributed by atoms with van der Waals surface area (Å²) in [6.07, 6.45) is 0.943. The second-order valence-corrected chi connectivity index (χ2v) is 6.65. The number of nitrogens with zero attached hydrogens (tertiary/aromatic N) is 1. The van der Waals surface area contributed by atoms with Gasteiger partial charge in [0.15, 0.2) is 0 Å². The van der Waals surface area contributed by atoms with Gasteiger partial charge in [-0.25, -0.2) is 12.7 Å². The van der Waals surface area contributed by atoms with Gasteiger partial charge in [-0.1, -0.05) is 20.3 Å². The Kier molecular flexibility index (Phi) is 4.95. The van der Waals surface area contributed by atoms with Crippen LogP contribution in [0.4, 0.5) is 0 Å². The molecule has 0 radical (unpaired) electrons. The highest BCUT2D eigenvalue weighted by atomic mass is 32.2. The first-order chi connectivity index (χ1) is 8.32. The molecule has 0 aliphatic carbocycles. The van der Waals surface area contributed by atoms with E-state index in [-0.39, 0.29) is 11.4 Å². The maximum absolute atomic E-state index is 12.4. The quantitative estimate of drug-likeness (QED) is 0.856. The van der Waals surface area contributed by atoms with E-state index in [4.69, 9.17) is 10.2 Å². The van der Waals surface area contributed by atoms with Crippen molar-refractivity contribution in [3.8, 4) is 0 Å². The average Bonchev–Trinajstić information content (AvgIpc) is 2.70. The first kappa shape index (κ1) is 15.2. The summed E-state index contributed by atoms with van der Waals surface area (Å²) >= 11 is 0. The van der Waals surface area contributed by atoms with E-state index in [1.807, 2.05) is 13.8 Å². The van der Waals surface area contributed by atoms with Gasteiger partial charge >= 0.3 is 0 Å². The van der Waals surface area contributed by atoms with E-state index < -0.39 is 10.0 Å². The molecule has 0 aliphatic rings. The largest absolute Gasteiger partial charge is 0.464 e. The smallest absolute Gasteiger partial charge is 0.246 e. The number of sulfonamides is 1. The van der Waals surface area contributed by atoms with Crippen molar-refractivity contribution in [3.05, 3.63) is 17.6 Å². The molecule has 0 fully saturated rings. The maximum atomic E-state index is 12.4. The average molecular weight is 274 g/mol. The van der Waals surface area contributed by atoms with Gasteiger partial charge in [-0.2, -0.15) is 0 Å². The first-order valence-electron chi connectivity index (χ1n) is 6.08. The molecule has 1 rings (SSSR count). The molecule has 0 spiro atoms. The minimum atomic E-state index is -3.48. The highest BCUT2D eigenvalue weighted by Gasteiger charge is 2.26. The Labute approximate surface area is 109 Å². The Morgan fingerprint density at radius 3 is 2.56 bits per heavy atom. The molecule has 0 aromatic carbocycles. The first-order valence-corrected chi connectivity index (χ1v) is 7.52. The van der Waals surface area contributed by atoms with Crippen LogP contribution in [-0.2, 0) is 16.6 Å². The summed E-state index contributed by atoms with van der Waals surface area (Å²) < 4.78 is 31.4. The van der Waals surface area contributed by atoms with Gasteiger partial charge in [-0.3, -0.25) is 0 Å². The summed E-state index contributed by atoms with van der Waals surface area (Å²) in [7, 11) is -1.89. The zero-order valence-electron chi connectivity index (χ0n) is 11.4. The number of hydrogen-bond donors (Lipinski definition) is 1. The molecule has 18 heavy (non-hydrogen) atoms. The van der Waals surface area contributed by atoms with E-state index >= 15 is 0 Å². The van der Waals surface area contributed by atoms with E-state index in [1.54, 1.807) is 14.0 Å². The van der Waals surface area contributed by atoms with Gasteiger partial charge in [0, 0.05) is 19.7 Å². The van der Waals surface area contributed by atoms with Crippen molar-refractivity contribution in [1.29, 1.82) is 0 Å². The maximum Gasteiger partial charge on any atom is 0.246 e. The minimum Gasteiger partial charge on any atom is -0.464 e. The standard InChI is InChI=1S/C12H22N2O3S/c1-5-9(2)8-14(4)18(15,16)12-6-11(7-13)17-10(12)3/h6,9H,5,7-8,13H2,1-4H3. The van der Waals surface area contributed by atoms with Crippen molar-refractivity contribution in [3.63, 3.8) is 0 Å². The zero-order chi connectivity index (χ0) is 13.9. The number of nitrogens with two attached hydrogens (primary N) is 1. The fourth-order valence-corrected chi connectivity index (χ4v) is 3.19. The Hall–Kier alpha value is -0.850. The van der Waals surface area contributed by atoms with Crippen molar-refractivity contribution >= 4 is 10.0 Å². The van der Waals surface area contributed by atoms with Crippen molar-refractivity contribution in [2.45, 2.75) is 38.6 Å². The van der Waals surface area contributed by atoms with Crippen LogP contribution < -0.4 is 5.73 Å². The molecule has 1 heterocycles. The van der Waals surface area contributed by atoms with Crippen LogP contribution in [0.2, 0.25) is 0 Å². The summed E-state index contributed by atoms with van der Waals surface area (Å²) in [4.78, 5) is 0.216. The Bertz CT molecular complexity index is 493. The van der Waals surface area contributed by atoms with Crippen molar-refractivity contribution in [2.24, 2.45) is 11.7 Å². The molecule has 2 N–H and O–H groups in total. The van der Waals surface area contributed by atoms with E-state index in [1.165, 1.54) is 10.4 Å². The summed E-state index contributed by atoms with van der Waals surface area (Å²) in [5, 5.41) is 0. The molecule has 0 saturated carbocycles. The number of rotatable bonds is 6. The van der Waals surface area contributed by atoms with Crippen LogP contribution in [0.5, 0.6) is 0 Å². The van der Waals surface area contributed by atoms with Gasteiger partial charge in [0.2, 0.25) is 10.0 Å². The monoisotopic (exact) mass is 274 g/mol. The Morgan fingerprint density at radius 1 is 1.50 bits per heavy atom. The lowest BCUT2D eigenvalue weighted by Gasteiger charge is -2.19.